The number of rotatable bonds is 10. The van der Waals surface area contributed by atoms with Crippen LogP contribution < -0.4 is 5.32 Å². The molecule has 258 valence electrons. The van der Waals surface area contributed by atoms with E-state index in [1.165, 1.54) is 0 Å². The van der Waals surface area contributed by atoms with Gasteiger partial charge in [0, 0.05) is 30.0 Å². The summed E-state index contributed by atoms with van der Waals surface area (Å²) in [6.45, 7) is 1.76. The molecule has 0 unspecified atom stereocenters. The van der Waals surface area contributed by atoms with Crippen LogP contribution in [0.1, 0.15) is 51.9 Å². The summed E-state index contributed by atoms with van der Waals surface area (Å²) in [4.78, 5) is 17.0. The van der Waals surface area contributed by atoms with Gasteiger partial charge in [-0.15, -0.1) is 11.8 Å². The first kappa shape index (κ1) is 35.2. The fourth-order valence-electron chi connectivity index (χ4n) is 5.75. The van der Waals surface area contributed by atoms with E-state index in [-0.39, 0.29) is 31.3 Å². The number of ether oxygens (including phenoxy) is 2. The monoisotopic (exact) mass is 706 g/mol. The van der Waals surface area contributed by atoms with Crippen molar-refractivity contribution in [3.05, 3.63) is 154 Å². The minimum absolute atomic E-state index is 0.0198. The smallest absolute Gasteiger partial charge is 0.257 e. The Labute approximate surface area is 289 Å². The summed E-state index contributed by atoms with van der Waals surface area (Å²) in [5, 5.41) is 12.7. The second-order valence-electron chi connectivity index (χ2n) is 11.7. The maximum atomic E-state index is 14.2. The second kappa shape index (κ2) is 15.5. The molecule has 5 aromatic rings. The Hall–Kier alpha value is -4.62. The molecule has 1 aromatic heterocycles. The van der Waals surface area contributed by atoms with Crippen LogP contribution in [0, 0.1) is 35.0 Å². The standard InChI is InChI=1S/C38H31F5N2O4S/c1-21-28(20-50-29-8-4-5-17-44-29)48-38(49-36(21)24-11-9-22(19-46)10-12-24)25-15-13-23(14-16-25)27-7-3-2-6-26(27)18-45-37(47)30-31(39)33(41)35(43)34(42)32(30)40/h2-17,21,28,36,38,46H,18-20H2,1H3,(H,45,47)/t21-,28+,36+,38+/m1/s1. The highest BCUT2D eigenvalue weighted by Gasteiger charge is 2.38. The summed E-state index contributed by atoms with van der Waals surface area (Å²) in [5.41, 5.74) is 2.88. The van der Waals surface area contributed by atoms with Crippen LogP contribution in [0.2, 0.25) is 0 Å². The van der Waals surface area contributed by atoms with Crippen LogP contribution in [-0.4, -0.2) is 27.9 Å². The molecule has 1 saturated heterocycles. The number of nitrogens with zero attached hydrogens (tertiary/aromatic N) is 1. The van der Waals surface area contributed by atoms with Crippen molar-refractivity contribution in [2.45, 2.75) is 43.6 Å². The first-order chi connectivity index (χ1) is 24.2. The molecule has 0 radical (unpaired) electrons. The van der Waals surface area contributed by atoms with Crippen molar-refractivity contribution in [3.63, 3.8) is 0 Å². The molecule has 0 spiro atoms. The third kappa shape index (κ3) is 7.43. The lowest BCUT2D eigenvalue weighted by Gasteiger charge is -2.41. The normalized spacial score (nSPS) is 18.9. The molecule has 2 N–H and O–H groups in total. The van der Waals surface area contributed by atoms with Crippen LogP contribution in [0.5, 0.6) is 0 Å². The van der Waals surface area contributed by atoms with Crippen molar-refractivity contribution in [3.8, 4) is 11.1 Å². The van der Waals surface area contributed by atoms with Crippen molar-refractivity contribution >= 4 is 17.7 Å². The van der Waals surface area contributed by atoms with Crippen molar-refractivity contribution < 1.29 is 41.3 Å². The highest BCUT2D eigenvalue weighted by Crippen LogP contribution is 2.43. The number of carbonyl (C=O) groups excluding carboxylic acids is 1. The Morgan fingerprint density at radius 2 is 1.44 bits per heavy atom. The Morgan fingerprint density at radius 3 is 2.10 bits per heavy atom. The molecule has 1 fully saturated rings. The highest BCUT2D eigenvalue weighted by molar-refractivity contribution is 7.99. The number of hydrogen-bond donors (Lipinski definition) is 2. The van der Waals surface area contributed by atoms with Gasteiger partial charge in [0.2, 0.25) is 5.82 Å². The SMILES string of the molecule is C[C@@H]1[C@H](CSc2ccccn2)O[C@H](c2ccc(-c3ccccc3CNC(=O)c3c(F)c(F)c(F)c(F)c3F)cc2)O[C@@H]1c1ccc(CO)cc1. The van der Waals surface area contributed by atoms with Gasteiger partial charge in [-0.2, -0.15) is 0 Å². The molecule has 50 heavy (non-hydrogen) atoms. The molecule has 12 heteroatoms. The largest absolute Gasteiger partial charge is 0.392 e. The van der Waals surface area contributed by atoms with Gasteiger partial charge in [-0.3, -0.25) is 4.79 Å². The predicted octanol–water partition coefficient (Wildman–Crippen LogP) is 8.45. The van der Waals surface area contributed by atoms with Gasteiger partial charge >= 0.3 is 0 Å². The highest BCUT2D eigenvalue weighted by atomic mass is 32.2. The van der Waals surface area contributed by atoms with Crippen molar-refractivity contribution in [2.75, 3.05) is 5.75 Å². The zero-order chi connectivity index (χ0) is 35.4. The third-order valence-corrected chi connectivity index (χ3v) is 9.58. The summed E-state index contributed by atoms with van der Waals surface area (Å²) in [5.74, 6) is -12.0. The van der Waals surface area contributed by atoms with Crippen LogP contribution in [0.25, 0.3) is 11.1 Å². The Balaban J connectivity index is 1.21. The van der Waals surface area contributed by atoms with Crippen LogP contribution in [-0.2, 0) is 22.6 Å². The first-order valence-electron chi connectivity index (χ1n) is 15.7. The number of hydrogen-bond acceptors (Lipinski definition) is 6. The van der Waals surface area contributed by atoms with Crippen LogP contribution in [0.15, 0.2) is 102 Å². The zero-order valence-electron chi connectivity index (χ0n) is 26.6. The molecule has 6 rings (SSSR count). The summed E-state index contributed by atoms with van der Waals surface area (Å²) < 4.78 is 82.4. The van der Waals surface area contributed by atoms with Gasteiger partial charge in [-0.1, -0.05) is 85.8 Å². The number of aliphatic hydroxyl groups excluding tert-OH is 1. The van der Waals surface area contributed by atoms with Gasteiger partial charge in [-0.25, -0.2) is 26.9 Å². The predicted molar refractivity (Wildman–Crippen MR) is 177 cm³/mol. The summed E-state index contributed by atoms with van der Waals surface area (Å²) in [7, 11) is 0. The summed E-state index contributed by atoms with van der Waals surface area (Å²) in [6, 6.07) is 27.7. The molecule has 2 heterocycles. The van der Waals surface area contributed by atoms with Crippen LogP contribution in [0.4, 0.5) is 22.0 Å². The minimum atomic E-state index is -2.34. The number of amides is 1. The fraction of sp³-hybridized carbons (Fsp3) is 0.211. The van der Waals surface area contributed by atoms with E-state index < -0.39 is 46.8 Å². The average molecular weight is 707 g/mol. The lowest BCUT2D eigenvalue weighted by Crippen LogP contribution is -2.38. The number of pyridine rings is 1. The lowest BCUT2D eigenvalue weighted by molar-refractivity contribution is -0.268. The van der Waals surface area contributed by atoms with Crippen molar-refractivity contribution in [2.24, 2.45) is 5.92 Å². The maximum absolute atomic E-state index is 14.2. The molecule has 1 aliphatic rings. The van der Waals surface area contributed by atoms with Gasteiger partial charge in [0.25, 0.3) is 5.91 Å². The van der Waals surface area contributed by atoms with Crippen molar-refractivity contribution in [1.29, 1.82) is 0 Å². The Bertz CT molecular complexity index is 1940. The second-order valence-corrected chi connectivity index (χ2v) is 12.7. The van der Waals surface area contributed by atoms with E-state index >= 15 is 0 Å². The van der Waals surface area contributed by atoms with E-state index in [2.05, 4.69) is 17.2 Å². The molecule has 1 aliphatic heterocycles. The number of nitrogens with one attached hydrogen (secondary N) is 1. The molecular formula is C38H31F5N2O4S. The molecular weight excluding hydrogens is 675 g/mol. The molecule has 4 atom stereocenters. The first-order valence-corrected chi connectivity index (χ1v) is 16.7. The van der Waals surface area contributed by atoms with Crippen LogP contribution in [0.3, 0.4) is 0 Å². The quantitative estimate of drug-likeness (QED) is 0.0657. The van der Waals surface area contributed by atoms with Crippen molar-refractivity contribution in [1.82, 2.24) is 10.3 Å². The average Bonchev–Trinajstić information content (AvgIpc) is 3.16. The van der Waals surface area contributed by atoms with Gasteiger partial charge in [0.05, 0.1) is 23.8 Å². The number of carbonyl (C=O) groups is 1. The van der Waals surface area contributed by atoms with Gasteiger partial charge in [0.15, 0.2) is 29.6 Å². The topological polar surface area (TPSA) is 80.7 Å². The van der Waals surface area contributed by atoms with Crippen LogP contribution >= 0.6 is 11.8 Å². The number of aliphatic hydroxyl groups is 1. The number of benzene rings is 4. The van der Waals surface area contributed by atoms with Gasteiger partial charge in [-0.05, 0) is 39.9 Å². The van der Waals surface area contributed by atoms with Gasteiger partial charge in [0.1, 0.15) is 5.56 Å². The van der Waals surface area contributed by atoms with E-state index in [0.717, 1.165) is 27.3 Å². The number of aromatic nitrogens is 1. The Morgan fingerprint density at radius 1 is 0.800 bits per heavy atom. The molecule has 0 saturated carbocycles. The van der Waals surface area contributed by atoms with E-state index in [1.54, 1.807) is 42.2 Å². The van der Waals surface area contributed by atoms with E-state index in [0.29, 0.717) is 16.9 Å². The molecule has 4 aromatic carbocycles. The summed E-state index contributed by atoms with van der Waals surface area (Å²) >= 11 is 1.59. The van der Waals surface area contributed by atoms with Gasteiger partial charge < -0.3 is 19.9 Å². The molecule has 0 bridgehead atoms. The number of thioether (sulfide) groups is 1. The Kier molecular flexibility index (Phi) is 10.9. The molecule has 0 aliphatic carbocycles. The van der Waals surface area contributed by atoms with E-state index in [4.69, 9.17) is 9.47 Å². The summed E-state index contributed by atoms with van der Waals surface area (Å²) in [6.07, 6.45) is 0.516. The zero-order valence-corrected chi connectivity index (χ0v) is 27.4. The lowest BCUT2D eigenvalue weighted by atomic mass is 9.91. The third-order valence-electron chi connectivity index (χ3n) is 8.54. The fourth-order valence-corrected chi connectivity index (χ4v) is 6.78. The maximum Gasteiger partial charge on any atom is 0.257 e. The molecule has 1 amide bonds. The van der Waals surface area contributed by atoms with E-state index in [1.807, 2.05) is 66.7 Å². The minimum Gasteiger partial charge on any atom is -0.392 e. The van der Waals surface area contributed by atoms with E-state index in [9.17, 15) is 31.9 Å². The molecule has 6 nitrogen and oxygen atoms in total. The number of halogens is 5.